The van der Waals surface area contributed by atoms with E-state index in [0.29, 0.717) is 21.8 Å². The summed E-state index contributed by atoms with van der Waals surface area (Å²) < 4.78 is 19.0. The molecule has 0 amide bonds. The molecular formula is C14H7ClFN3OS. The smallest absolute Gasteiger partial charge is 0.269 e. The molecule has 3 aromatic rings. The highest BCUT2D eigenvalue weighted by molar-refractivity contribution is 7.13. The largest absolute Gasteiger partial charge is 0.333 e. The second-order valence-corrected chi connectivity index (χ2v) is 5.50. The molecule has 104 valence electrons. The van der Waals surface area contributed by atoms with Crippen LogP contribution in [0.15, 0.2) is 34.2 Å². The molecule has 1 aromatic carbocycles. The number of thiophene rings is 1. The quantitative estimate of drug-likeness (QED) is 0.730. The van der Waals surface area contributed by atoms with Gasteiger partial charge in [-0.2, -0.15) is 10.2 Å². The Kier molecular flexibility index (Phi) is 3.69. The van der Waals surface area contributed by atoms with E-state index in [1.54, 1.807) is 23.6 Å². The number of aromatic nitrogens is 2. The monoisotopic (exact) mass is 319 g/mol. The average Bonchev–Trinajstić information content (AvgIpc) is 3.12. The zero-order chi connectivity index (χ0) is 14.8. The third-order valence-corrected chi connectivity index (χ3v) is 4.02. The minimum atomic E-state index is -0.487. The van der Waals surface area contributed by atoms with Crippen LogP contribution in [0.4, 0.5) is 4.39 Å². The summed E-state index contributed by atoms with van der Waals surface area (Å²) in [5.74, 6) is 0.113. The maximum Gasteiger partial charge on any atom is 0.269 e. The van der Waals surface area contributed by atoms with Crippen molar-refractivity contribution in [1.29, 1.82) is 5.26 Å². The van der Waals surface area contributed by atoms with Gasteiger partial charge in [-0.25, -0.2) is 4.39 Å². The molecule has 4 nitrogen and oxygen atoms in total. The van der Waals surface area contributed by atoms with Crippen LogP contribution >= 0.6 is 22.9 Å². The van der Waals surface area contributed by atoms with Crippen LogP contribution in [0, 0.1) is 17.1 Å². The Balaban J connectivity index is 1.89. The number of nitrogens with zero attached hydrogens (tertiary/aromatic N) is 3. The average molecular weight is 320 g/mol. The first kappa shape index (κ1) is 13.7. The van der Waals surface area contributed by atoms with Crippen molar-refractivity contribution in [2.45, 2.75) is 6.42 Å². The maximum absolute atomic E-state index is 13.8. The van der Waals surface area contributed by atoms with E-state index >= 15 is 0 Å². The molecule has 0 aliphatic rings. The standard InChI is InChI=1S/C14H7ClFN3OS/c15-10-3-1-2-8(12(10)16)6-11-18-14(20-19-11)13-9(7-17)4-5-21-13/h1-5H,6H2. The molecule has 2 aromatic heterocycles. The molecule has 0 saturated carbocycles. The lowest BCUT2D eigenvalue weighted by molar-refractivity contribution is 0.424. The van der Waals surface area contributed by atoms with Gasteiger partial charge in [0.25, 0.3) is 5.89 Å². The lowest BCUT2D eigenvalue weighted by Crippen LogP contribution is -1.95. The lowest BCUT2D eigenvalue weighted by Gasteiger charge is -2.00. The lowest BCUT2D eigenvalue weighted by atomic mass is 10.1. The Bertz CT molecular complexity index is 837. The number of halogens is 2. The molecule has 0 aliphatic carbocycles. The number of nitriles is 1. The number of hydrogen-bond donors (Lipinski definition) is 0. The summed E-state index contributed by atoms with van der Waals surface area (Å²) in [7, 11) is 0. The first-order chi connectivity index (χ1) is 10.2. The van der Waals surface area contributed by atoms with E-state index in [9.17, 15) is 4.39 Å². The van der Waals surface area contributed by atoms with Gasteiger partial charge in [0, 0.05) is 6.42 Å². The van der Waals surface area contributed by atoms with Crippen molar-refractivity contribution in [3.05, 3.63) is 57.4 Å². The Morgan fingerprint density at radius 1 is 1.38 bits per heavy atom. The second kappa shape index (κ2) is 5.64. The molecule has 21 heavy (non-hydrogen) atoms. The fourth-order valence-corrected chi connectivity index (χ4v) is 2.79. The van der Waals surface area contributed by atoms with Crippen LogP contribution in [0.5, 0.6) is 0 Å². The van der Waals surface area contributed by atoms with Gasteiger partial charge in [-0.1, -0.05) is 28.9 Å². The Hall–Kier alpha value is -2.23. The van der Waals surface area contributed by atoms with E-state index in [1.165, 1.54) is 17.4 Å². The topological polar surface area (TPSA) is 62.7 Å². The predicted octanol–water partition coefficient (Wildman–Crippen LogP) is 4.05. The fourth-order valence-electron chi connectivity index (χ4n) is 1.84. The molecule has 0 fully saturated rings. The van der Waals surface area contributed by atoms with E-state index in [1.807, 2.05) is 0 Å². The molecule has 2 heterocycles. The maximum atomic E-state index is 13.8. The summed E-state index contributed by atoms with van der Waals surface area (Å²) in [5, 5.41) is 14.6. The Labute approximate surface area is 128 Å². The van der Waals surface area contributed by atoms with Crippen LogP contribution in [-0.4, -0.2) is 10.1 Å². The summed E-state index contributed by atoms with van der Waals surface area (Å²) in [6.45, 7) is 0. The summed E-state index contributed by atoms with van der Waals surface area (Å²) >= 11 is 7.07. The van der Waals surface area contributed by atoms with Crippen LogP contribution in [0.3, 0.4) is 0 Å². The van der Waals surface area contributed by atoms with Gasteiger partial charge >= 0.3 is 0 Å². The normalized spacial score (nSPS) is 10.5. The highest BCUT2D eigenvalue weighted by Crippen LogP contribution is 2.28. The molecule has 0 spiro atoms. The van der Waals surface area contributed by atoms with E-state index < -0.39 is 5.82 Å². The Morgan fingerprint density at radius 2 is 2.24 bits per heavy atom. The third kappa shape index (κ3) is 2.66. The van der Waals surface area contributed by atoms with E-state index in [4.69, 9.17) is 21.4 Å². The molecule has 3 rings (SSSR count). The molecule has 0 saturated heterocycles. The summed E-state index contributed by atoms with van der Waals surface area (Å²) in [5.41, 5.74) is 0.866. The molecule has 0 atom stereocenters. The zero-order valence-electron chi connectivity index (χ0n) is 10.5. The van der Waals surface area contributed by atoms with Crippen LogP contribution in [0.2, 0.25) is 5.02 Å². The zero-order valence-corrected chi connectivity index (χ0v) is 12.1. The second-order valence-electron chi connectivity index (χ2n) is 4.18. The summed E-state index contributed by atoms with van der Waals surface area (Å²) in [6.07, 6.45) is 0.170. The van der Waals surface area contributed by atoms with Crippen LogP contribution in [-0.2, 0) is 6.42 Å². The summed E-state index contributed by atoms with van der Waals surface area (Å²) in [6, 6.07) is 8.49. The van der Waals surface area contributed by atoms with E-state index in [0.717, 1.165) is 0 Å². The number of hydrogen-bond acceptors (Lipinski definition) is 5. The molecule has 0 radical (unpaired) electrons. The van der Waals surface area contributed by atoms with Gasteiger partial charge in [-0.05, 0) is 23.1 Å². The highest BCUT2D eigenvalue weighted by atomic mass is 35.5. The molecule has 7 heteroatoms. The third-order valence-electron chi connectivity index (χ3n) is 2.83. The van der Waals surface area contributed by atoms with Crippen molar-refractivity contribution in [3.8, 4) is 16.8 Å². The number of benzene rings is 1. The fraction of sp³-hybridized carbons (Fsp3) is 0.0714. The highest BCUT2D eigenvalue weighted by Gasteiger charge is 2.16. The van der Waals surface area contributed by atoms with Crippen LogP contribution in [0.1, 0.15) is 17.0 Å². The minimum Gasteiger partial charge on any atom is -0.333 e. The van der Waals surface area contributed by atoms with Crippen molar-refractivity contribution < 1.29 is 8.91 Å². The Morgan fingerprint density at radius 3 is 3.05 bits per heavy atom. The van der Waals surface area contributed by atoms with E-state index in [2.05, 4.69) is 16.2 Å². The van der Waals surface area contributed by atoms with Gasteiger partial charge in [0.1, 0.15) is 16.8 Å². The van der Waals surface area contributed by atoms with Gasteiger partial charge < -0.3 is 4.52 Å². The van der Waals surface area contributed by atoms with Gasteiger partial charge in [-0.15, -0.1) is 11.3 Å². The van der Waals surface area contributed by atoms with Gasteiger partial charge in [-0.3, -0.25) is 0 Å². The first-order valence-corrected chi connectivity index (χ1v) is 7.18. The SMILES string of the molecule is N#Cc1ccsc1-c1nc(Cc2cccc(Cl)c2F)no1. The van der Waals surface area contributed by atoms with Gasteiger partial charge in [0.15, 0.2) is 5.82 Å². The predicted molar refractivity (Wildman–Crippen MR) is 76.5 cm³/mol. The molecule has 0 bridgehead atoms. The summed E-state index contributed by atoms with van der Waals surface area (Å²) in [4.78, 5) is 4.81. The van der Waals surface area contributed by atoms with Gasteiger partial charge in [0.05, 0.1) is 10.6 Å². The molecule has 0 unspecified atom stereocenters. The first-order valence-electron chi connectivity index (χ1n) is 5.92. The van der Waals surface area contributed by atoms with Gasteiger partial charge in [0.2, 0.25) is 0 Å². The van der Waals surface area contributed by atoms with Crippen LogP contribution < -0.4 is 0 Å². The van der Waals surface area contributed by atoms with Crippen molar-refractivity contribution in [2.75, 3.05) is 0 Å². The van der Waals surface area contributed by atoms with E-state index in [-0.39, 0.29) is 17.3 Å². The molecule has 0 aliphatic heterocycles. The van der Waals surface area contributed by atoms with Crippen molar-refractivity contribution in [3.63, 3.8) is 0 Å². The number of rotatable bonds is 3. The minimum absolute atomic E-state index is 0.0567. The van der Waals surface area contributed by atoms with Crippen molar-refractivity contribution in [1.82, 2.24) is 10.1 Å². The molecular weight excluding hydrogens is 313 g/mol. The van der Waals surface area contributed by atoms with Crippen molar-refractivity contribution >= 4 is 22.9 Å². The molecule has 0 N–H and O–H groups in total. The van der Waals surface area contributed by atoms with Crippen molar-refractivity contribution in [2.24, 2.45) is 0 Å². The van der Waals surface area contributed by atoms with Crippen LogP contribution in [0.25, 0.3) is 10.8 Å².